The van der Waals surface area contributed by atoms with Gasteiger partial charge in [0.05, 0.1) is 12.5 Å². The highest BCUT2D eigenvalue weighted by molar-refractivity contribution is 5.78. The predicted octanol–water partition coefficient (Wildman–Crippen LogP) is 7.89. The van der Waals surface area contributed by atoms with Crippen LogP contribution in [0.1, 0.15) is 120 Å². The van der Waals surface area contributed by atoms with Crippen LogP contribution in [-0.4, -0.2) is 25.2 Å². The van der Waals surface area contributed by atoms with Gasteiger partial charge in [-0.3, -0.25) is 9.59 Å². The lowest BCUT2D eigenvalue weighted by Gasteiger charge is -2.71. The number of esters is 2. The molecule has 4 nitrogen and oxygen atoms in total. The number of ether oxygens (including phenoxy) is 2. The van der Waals surface area contributed by atoms with Crippen molar-refractivity contribution in [3.8, 4) is 0 Å². The minimum Gasteiger partial charge on any atom is -0.469 e. The zero-order chi connectivity index (χ0) is 27.2. The maximum absolute atomic E-state index is 13.4. The molecule has 0 aromatic carbocycles. The van der Waals surface area contributed by atoms with Crippen LogP contribution in [0, 0.1) is 50.2 Å². The lowest BCUT2D eigenvalue weighted by molar-refractivity contribution is -0.213. The third-order valence-corrected chi connectivity index (χ3v) is 13.5. The van der Waals surface area contributed by atoms with E-state index in [-0.39, 0.29) is 50.5 Å². The Balaban J connectivity index is 1.55. The molecule has 37 heavy (non-hydrogen) atoms. The van der Waals surface area contributed by atoms with Crippen molar-refractivity contribution in [1.29, 1.82) is 0 Å². The summed E-state index contributed by atoms with van der Waals surface area (Å²) in [6, 6.07) is 0. The first-order chi connectivity index (χ1) is 17.1. The Hall–Kier alpha value is -1.32. The molecule has 0 amide bonds. The molecule has 5 aliphatic carbocycles. The Morgan fingerprint density at radius 2 is 1.54 bits per heavy atom. The zero-order valence-electron chi connectivity index (χ0n) is 25.1. The molecule has 0 aromatic heterocycles. The molecule has 4 fully saturated rings. The van der Waals surface area contributed by atoms with Crippen molar-refractivity contribution in [2.75, 3.05) is 7.11 Å². The number of methoxy groups -OCH3 is 1. The van der Waals surface area contributed by atoms with E-state index in [0.717, 1.165) is 51.4 Å². The SMILES string of the molecule is COC(=O)[C@]12CCC(C)(C)C[C@H]1C1=CC[C@H]3[C@@]4(C)CC[C@H](OC(C)=O)C(C)(C)[C@@H]4CC[C@]3(C)[C@]1(C)CC2. The lowest BCUT2D eigenvalue weighted by atomic mass is 9.33. The fourth-order valence-corrected chi connectivity index (χ4v) is 11.2. The van der Waals surface area contributed by atoms with Crippen LogP contribution >= 0.6 is 0 Å². The topological polar surface area (TPSA) is 52.6 Å². The average Bonchev–Trinajstić information content (AvgIpc) is 2.80. The summed E-state index contributed by atoms with van der Waals surface area (Å²) < 4.78 is 11.4. The number of carbonyl (C=O) groups excluding carboxylic acids is 2. The van der Waals surface area contributed by atoms with Crippen LogP contribution < -0.4 is 0 Å². The van der Waals surface area contributed by atoms with E-state index in [9.17, 15) is 9.59 Å². The van der Waals surface area contributed by atoms with Gasteiger partial charge in [-0.05, 0) is 104 Å². The second-order valence-electron chi connectivity index (χ2n) is 15.8. The first-order valence-corrected chi connectivity index (χ1v) is 15.0. The van der Waals surface area contributed by atoms with Gasteiger partial charge in [0.15, 0.2) is 0 Å². The molecule has 0 saturated heterocycles. The quantitative estimate of drug-likeness (QED) is 0.279. The molecule has 4 saturated carbocycles. The Morgan fingerprint density at radius 1 is 0.865 bits per heavy atom. The van der Waals surface area contributed by atoms with E-state index in [1.807, 2.05) is 0 Å². The highest BCUT2D eigenvalue weighted by Crippen LogP contribution is 2.75. The van der Waals surface area contributed by atoms with E-state index < -0.39 is 0 Å². The summed E-state index contributed by atoms with van der Waals surface area (Å²) in [6.07, 6.45) is 13.4. The number of carbonyl (C=O) groups is 2. The molecule has 5 rings (SSSR count). The van der Waals surface area contributed by atoms with Gasteiger partial charge in [0, 0.05) is 12.3 Å². The minimum absolute atomic E-state index is 0.0116. The van der Waals surface area contributed by atoms with Crippen molar-refractivity contribution in [1.82, 2.24) is 0 Å². The van der Waals surface area contributed by atoms with Gasteiger partial charge < -0.3 is 9.47 Å². The van der Waals surface area contributed by atoms with Crippen LogP contribution in [0.25, 0.3) is 0 Å². The summed E-state index contributed by atoms with van der Waals surface area (Å²) in [6.45, 7) is 18.8. The van der Waals surface area contributed by atoms with Gasteiger partial charge in [-0.25, -0.2) is 0 Å². The third-order valence-electron chi connectivity index (χ3n) is 13.5. The van der Waals surface area contributed by atoms with E-state index in [4.69, 9.17) is 9.47 Å². The van der Waals surface area contributed by atoms with Crippen molar-refractivity contribution in [2.24, 2.45) is 50.2 Å². The van der Waals surface area contributed by atoms with E-state index in [1.165, 1.54) is 12.8 Å². The van der Waals surface area contributed by atoms with Gasteiger partial charge in [-0.15, -0.1) is 0 Å². The van der Waals surface area contributed by atoms with Crippen LogP contribution in [0.3, 0.4) is 0 Å². The molecule has 0 N–H and O–H groups in total. The lowest BCUT2D eigenvalue weighted by Crippen LogP contribution is -2.65. The fraction of sp³-hybridized carbons (Fsp3) is 0.879. The summed E-state index contributed by atoms with van der Waals surface area (Å²) in [5, 5.41) is 0. The van der Waals surface area contributed by atoms with Gasteiger partial charge >= 0.3 is 11.9 Å². The molecule has 4 heteroatoms. The molecule has 0 aromatic rings. The minimum atomic E-state index is -0.343. The maximum atomic E-state index is 13.4. The maximum Gasteiger partial charge on any atom is 0.312 e. The normalized spacial score (nSPS) is 47.8. The first-order valence-electron chi connectivity index (χ1n) is 15.0. The molecule has 8 atom stereocenters. The largest absolute Gasteiger partial charge is 0.469 e. The van der Waals surface area contributed by atoms with Crippen molar-refractivity contribution in [2.45, 2.75) is 126 Å². The second kappa shape index (κ2) is 8.34. The summed E-state index contributed by atoms with van der Waals surface area (Å²) in [4.78, 5) is 25.3. The number of hydrogen-bond acceptors (Lipinski definition) is 4. The molecule has 208 valence electrons. The van der Waals surface area contributed by atoms with Crippen LogP contribution in [0.5, 0.6) is 0 Å². The second-order valence-corrected chi connectivity index (χ2v) is 15.8. The summed E-state index contributed by atoms with van der Waals surface area (Å²) in [7, 11) is 1.59. The predicted molar refractivity (Wildman–Crippen MR) is 147 cm³/mol. The Morgan fingerprint density at radius 3 is 2.19 bits per heavy atom. The number of hydrogen-bond donors (Lipinski definition) is 0. The van der Waals surface area contributed by atoms with E-state index in [0.29, 0.717) is 17.8 Å². The molecule has 5 aliphatic rings. The van der Waals surface area contributed by atoms with Crippen LogP contribution in [0.2, 0.25) is 0 Å². The van der Waals surface area contributed by atoms with Gasteiger partial charge in [-0.1, -0.05) is 60.1 Å². The monoisotopic (exact) mass is 512 g/mol. The Bertz CT molecular complexity index is 1010. The molecule has 0 radical (unpaired) electrons. The summed E-state index contributed by atoms with van der Waals surface area (Å²) in [5.74, 6) is 1.33. The van der Waals surface area contributed by atoms with Crippen LogP contribution in [0.15, 0.2) is 11.6 Å². The van der Waals surface area contributed by atoms with E-state index in [1.54, 1.807) is 19.6 Å². The Kier molecular flexibility index (Phi) is 6.14. The van der Waals surface area contributed by atoms with Crippen molar-refractivity contribution < 1.29 is 19.1 Å². The van der Waals surface area contributed by atoms with Crippen molar-refractivity contribution >= 4 is 11.9 Å². The van der Waals surface area contributed by atoms with Crippen LogP contribution in [0.4, 0.5) is 0 Å². The molecule has 0 aliphatic heterocycles. The highest BCUT2D eigenvalue weighted by Gasteiger charge is 2.69. The third kappa shape index (κ3) is 3.58. The number of allylic oxidation sites excluding steroid dienone is 2. The first kappa shape index (κ1) is 27.3. The summed E-state index contributed by atoms with van der Waals surface area (Å²) >= 11 is 0. The number of rotatable bonds is 2. The zero-order valence-corrected chi connectivity index (χ0v) is 25.1. The van der Waals surface area contributed by atoms with E-state index in [2.05, 4.69) is 54.5 Å². The molecule has 0 unspecified atom stereocenters. The molecule has 0 heterocycles. The molecular weight excluding hydrogens is 460 g/mol. The van der Waals surface area contributed by atoms with Gasteiger partial charge in [-0.2, -0.15) is 0 Å². The standard InChI is InChI=1S/C33H52O4/c1-21(34)37-26-13-14-30(6)24(29(26,4)5)12-15-32(8)25(30)11-10-22-23-20-28(2,3)16-18-33(23,27(35)36-9)19-17-31(22,32)7/h10,23-26H,11-20H2,1-9H3/t23-,24-,25-,26-,30-,31+,32-,33-/m0/s1. The number of fused-ring (bicyclic) bond motifs is 7. The Labute approximate surface area is 225 Å². The van der Waals surface area contributed by atoms with Gasteiger partial charge in [0.2, 0.25) is 0 Å². The van der Waals surface area contributed by atoms with Gasteiger partial charge in [0.1, 0.15) is 6.10 Å². The van der Waals surface area contributed by atoms with Crippen LogP contribution in [-0.2, 0) is 19.1 Å². The van der Waals surface area contributed by atoms with Crippen molar-refractivity contribution in [3.05, 3.63) is 11.6 Å². The van der Waals surface area contributed by atoms with Crippen molar-refractivity contribution in [3.63, 3.8) is 0 Å². The molecule has 0 bridgehead atoms. The van der Waals surface area contributed by atoms with Gasteiger partial charge in [0.25, 0.3) is 0 Å². The summed E-state index contributed by atoms with van der Waals surface area (Å²) in [5.41, 5.74) is 2.01. The molecule has 0 spiro atoms. The van der Waals surface area contributed by atoms with E-state index >= 15 is 0 Å². The smallest absolute Gasteiger partial charge is 0.312 e. The fourth-order valence-electron chi connectivity index (χ4n) is 11.2. The average molecular weight is 513 g/mol. The highest BCUT2D eigenvalue weighted by atomic mass is 16.5. The molecular formula is C33H52O4.